The number of urea groups is 1. The molecule has 0 saturated carbocycles. The molecule has 37 heavy (non-hydrogen) atoms. The van der Waals surface area contributed by atoms with E-state index >= 15 is 0 Å². The zero-order valence-electron chi connectivity index (χ0n) is 20.4. The van der Waals surface area contributed by atoms with Gasteiger partial charge in [0.15, 0.2) is 5.78 Å². The van der Waals surface area contributed by atoms with Crippen molar-refractivity contribution in [2.24, 2.45) is 5.92 Å². The second kappa shape index (κ2) is 11.7. The van der Waals surface area contributed by atoms with Crippen LogP contribution in [0.15, 0.2) is 66.7 Å². The highest BCUT2D eigenvalue weighted by Gasteiger charge is 2.31. The Labute approximate surface area is 212 Å². The molecule has 0 bridgehead atoms. The highest BCUT2D eigenvalue weighted by Crippen LogP contribution is 2.32. The maximum Gasteiger partial charge on any atom is 0.416 e. The van der Waals surface area contributed by atoms with Crippen molar-refractivity contribution in [3.8, 4) is 11.1 Å². The molecule has 6 nitrogen and oxygen atoms in total. The monoisotopic (exact) mass is 512 g/mol. The van der Waals surface area contributed by atoms with Crippen LogP contribution in [0.2, 0.25) is 0 Å². The molecule has 0 radical (unpaired) electrons. The van der Waals surface area contributed by atoms with Gasteiger partial charge < -0.3 is 15.7 Å². The number of hydrogen-bond donors (Lipinski definition) is 3. The molecule has 9 heteroatoms. The number of alkyl halides is 3. The quantitative estimate of drug-likeness (QED) is 0.335. The van der Waals surface area contributed by atoms with Crippen molar-refractivity contribution < 1.29 is 32.7 Å². The van der Waals surface area contributed by atoms with Gasteiger partial charge in [-0.3, -0.25) is 9.59 Å². The summed E-state index contributed by atoms with van der Waals surface area (Å²) in [6.07, 6.45) is -3.57. The third kappa shape index (κ3) is 6.97. The summed E-state index contributed by atoms with van der Waals surface area (Å²) in [7, 11) is 0. The summed E-state index contributed by atoms with van der Waals surface area (Å²) in [6, 6.07) is 16.0. The van der Waals surface area contributed by atoms with E-state index in [2.05, 4.69) is 10.6 Å². The Morgan fingerprint density at radius 3 is 2.22 bits per heavy atom. The number of Topliss-reactive ketones (excluding diaryl/α,β-unsaturated/α-hetero) is 1. The molecule has 1 unspecified atom stereocenters. The number of anilines is 2. The number of rotatable bonds is 5. The molecule has 0 fully saturated rings. The zero-order chi connectivity index (χ0) is 27.2. The highest BCUT2D eigenvalue weighted by molar-refractivity contribution is 6.02. The van der Waals surface area contributed by atoms with Gasteiger partial charge in [0, 0.05) is 22.9 Å². The number of nitrogens with one attached hydrogen (secondary N) is 2. The first-order valence-electron chi connectivity index (χ1n) is 11.8. The van der Waals surface area contributed by atoms with E-state index in [1.807, 2.05) is 19.9 Å². The second-order valence-electron chi connectivity index (χ2n) is 8.30. The zero-order valence-corrected chi connectivity index (χ0v) is 20.4. The number of aryl methyl sites for hydroxylation is 1. The molecule has 0 aromatic heterocycles. The highest BCUT2D eigenvalue weighted by atomic mass is 19.4. The van der Waals surface area contributed by atoms with Gasteiger partial charge in [0.25, 0.3) is 0 Å². The molecule has 2 amide bonds. The number of carboxylic acid groups (broad SMARTS) is 1. The van der Waals surface area contributed by atoms with Gasteiger partial charge in [-0.1, -0.05) is 50.2 Å². The minimum absolute atomic E-state index is 0.0168. The van der Waals surface area contributed by atoms with Crippen LogP contribution in [0.25, 0.3) is 11.1 Å². The van der Waals surface area contributed by atoms with Crippen LogP contribution in [-0.4, -0.2) is 22.9 Å². The molecule has 1 aliphatic rings. The number of hydrogen-bond acceptors (Lipinski definition) is 3. The van der Waals surface area contributed by atoms with Gasteiger partial charge in [0.05, 0.1) is 12.0 Å². The maximum absolute atomic E-state index is 12.8. The Hall–Kier alpha value is -4.14. The largest absolute Gasteiger partial charge is 0.481 e. The van der Waals surface area contributed by atoms with Crippen LogP contribution in [-0.2, 0) is 17.4 Å². The van der Waals surface area contributed by atoms with Crippen LogP contribution < -0.4 is 10.6 Å². The summed E-state index contributed by atoms with van der Waals surface area (Å²) in [4.78, 5) is 35.8. The van der Waals surface area contributed by atoms with Crippen LogP contribution in [0, 0.1) is 5.92 Å². The first-order chi connectivity index (χ1) is 17.6. The smallest absolute Gasteiger partial charge is 0.416 e. The predicted molar refractivity (Wildman–Crippen MR) is 136 cm³/mol. The second-order valence-corrected chi connectivity index (χ2v) is 8.30. The van der Waals surface area contributed by atoms with Crippen LogP contribution in [0.5, 0.6) is 0 Å². The lowest BCUT2D eigenvalue weighted by Crippen LogP contribution is -2.24. The lowest BCUT2D eigenvalue weighted by Gasteiger charge is -2.22. The number of amides is 2. The van der Waals surface area contributed by atoms with Gasteiger partial charge in [0.1, 0.15) is 0 Å². The number of carbonyl (C=O) groups excluding carboxylic acids is 2. The van der Waals surface area contributed by atoms with Gasteiger partial charge in [-0.15, -0.1) is 0 Å². The number of benzene rings is 3. The molecule has 194 valence electrons. The fraction of sp³-hybridized carbons (Fsp3) is 0.250. The van der Waals surface area contributed by atoms with E-state index in [0.717, 1.165) is 28.8 Å². The minimum atomic E-state index is -4.51. The van der Waals surface area contributed by atoms with Crippen molar-refractivity contribution in [3.05, 3.63) is 83.4 Å². The van der Waals surface area contributed by atoms with Gasteiger partial charge in [-0.25, -0.2) is 4.79 Å². The molecule has 3 aromatic rings. The summed E-state index contributed by atoms with van der Waals surface area (Å²) in [5.74, 6) is -1.63. The lowest BCUT2D eigenvalue weighted by atomic mass is 9.80. The summed E-state index contributed by atoms with van der Waals surface area (Å²) in [5.41, 5.74) is 2.74. The molecule has 4 rings (SSSR count). The van der Waals surface area contributed by atoms with E-state index in [-0.39, 0.29) is 17.9 Å². The van der Waals surface area contributed by atoms with Gasteiger partial charge in [-0.2, -0.15) is 13.2 Å². The third-order valence-corrected chi connectivity index (χ3v) is 5.85. The number of aliphatic carboxylic acids is 1. The van der Waals surface area contributed by atoms with E-state index in [1.165, 1.54) is 12.1 Å². The Kier molecular flexibility index (Phi) is 8.70. The van der Waals surface area contributed by atoms with Gasteiger partial charge in [0.2, 0.25) is 0 Å². The van der Waals surface area contributed by atoms with E-state index < -0.39 is 29.7 Å². The molecule has 0 aliphatic heterocycles. The van der Waals surface area contributed by atoms with Crippen LogP contribution in [0.3, 0.4) is 0 Å². The van der Waals surface area contributed by atoms with Crippen molar-refractivity contribution in [1.82, 2.24) is 0 Å². The minimum Gasteiger partial charge on any atom is -0.481 e. The van der Waals surface area contributed by atoms with Gasteiger partial charge >= 0.3 is 18.2 Å². The molecule has 3 aromatic carbocycles. The van der Waals surface area contributed by atoms with Crippen molar-refractivity contribution >= 4 is 29.2 Å². The molecule has 1 aliphatic carbocycles. The molecule has 0 saturated heterocycles. The summed E-state index contributed by atoms with van der Waals surface area (Å²) >= 11 is 0. The Bertz CT molecular complexity index is 1290. The third-order valence-electron chi connectivity index (χ3n) is 5.85. The van der Waals surface area contributed by atoms with E-state index in [1.54, 1.807) is 36.4 Å². The Balaban J connectivity index is 0.00000186. The van der Waals surface area contributed by atoms with Crippen LogP contribution in [0.1, 0.15) is 48.2 Å². The molecule has 3 N–H and O–H groups in total. The van der Waals surface area contributed by atoms with E-state index in [0.29, 0.717) is 24.1 Å². The summed E-state index contributed by atoms with van der Waals surface area (Å²) < 4.78 is 38.5. The number of ketones is 1. The van der Waals surface area contributed by atoms with E-state index in [9.17, 15) is 27.6 Å². The fourth-order valence-corrected chi connectivity index (χ4v) is 4.12. The van der Waals surface area contributed by atoms with Crippen LogP contribution >= 0.6 is 0 Å². The number of fused-ring (bicyclic) bond motifs is 1. The molecular formula is C28H27F3N2O4. The number of carboxylic acids is 1. The van der Waals surface area contributed by atoms with Crippen molar-refractivity contribution in [1.29, 1.82) is 0 Å². The van der Waals surface area contributed by atoms with Crippen molar-refractivity contribution in [2.75, 3.05) is 10.6 Å². The molecule has 0 heterocycles. The first-order valence-corrected chi connectivity index (χ1v) is 11.8. The topological polar surface area (TPSA) is 95.5 Å². The molecule has 0 spiro atoms. The SMILES string of the molecule is CC.O=C(O)CC1CCc2cc(-c3ccc(NC(=O)Nc4cccc(C(F)(F)F)c4)cc3)ccc2C1=O. The number of carbonyl (C=O) groups is 3. The Morgan fingerprint density at radius 1 is 0.919 bits per heavy atom. The molecule has 1 atom stereocenters. The molecular weight excluding hydrogens is 485 g/mol. The maximum atomic E-state index is 12.8. The normalized spacial score (nSPS) is 14.6. The van der Waals surface area contributed by atoms with E-state index in [4.69, 9.17) is 5.11 Å². The summed E-state index contributed by atoms with van der Waals surface area (Å²) in [5, 5.41) is 14.0. The first kappa shape index (κ1) is 27.4. The average Bonchev–Trinajstić information content (AvgIpc) is 2.86. The summed E-state index contributed by atoms with van der Waals surface area (Å²) in [6.45, 7) is 4.00. The van der Waals surface area contributed by atoms with Crippen molar-refractivity contribution in [2.45, 2.75) is 39.3 Å². The lowest BCUT2D eigenvalue weighted by molar-refractivity contribution is -0.138. The van der Waals surface area contributed by atoms with Crippen molar-refractivity contribution in [3.63, 3.8) is 0 Å². The Morgan fingerprint density at radius 2 is 1.57 bits per heavy atom. The predicted octanol–water partition coefficient (Wildman–Crippen LogP) is 7.26. The van der Waals surface area contributed by atoms with Crippen LogP contribution in [0.4, 0.5) is 29.3 Å². The standard InChI is InChI=1S/C26H21F3N2O4.C2H6/c27-26(28,29)19-2-1-3-21(14-19)31-25(35)30-20-9-6-15(7-10-20)16-8-11-22-17(12-16)4-5-18(24(22)34)13-23(32)33;1-2/h1-3,6-12,14,18H,4-5,13H2,(H,32,33)(H2,30,31,35);1-2H3. The average molecular weight is 513 g/mol. The fourth-order valence-electron chi connectivity index (χ4n) is 4.12. The number of halogens is 3. The van der Waals surface area contributed by atoms with Gasteiger partial charge in [-0.05, 0) is 59.9 Å².